The predicted octanol–water partition coefficient (Wildman–Crippen LogP) is 3.61. The predicted molar refractivity (Wildman–Crippen MR) is 184 cm³/mol. The van der Waals surface area contributed by atoms with Crippen LogP contribution in [0.5, 0.6) is 0 Å². The summed E-state index contributed by atoms with van der Waals surface area (Å²) in [4.78, 5) is 35.9. The van der Waals surface area contributed by atoms with E-state index in [1.807, 2.05) is 92.4 Å². The number of hydrogen-bond donors (Lipinski definition) is 4. The Morgan fingerprint density at radius 1 is 1.06 bits per heavy atom. The zero-order chi connectivity index (χ0) is 33.8. The zero-order valence-corrected chi connectivity index (χ0v) is 28.0. The van der Waals surface area contributed by atoms with Crippen LogP contribution in [-0.4, -0.2) is 86.8 Å². The molecule has 2 aliphatic rings. The molecule has 4 aromatic rings. The van der Waals surface area contributed by atoms with Gasteiger partial charge in [-0.2, -0.15) is 0 Å². The average molecular weight is 654 g/mol. The molecule has 10 heteroatoms. The number of carbonyl (C=O) groups excluding carboxylic acids is 2. The molecule has 0 saturated carbocycles. The van der Waals surface area contributed by atoms with Crippen molar-refractivity contribution >= 4 is 22.8 Å². The molecule has 6 rings (SSSR count). The van der Waals surface area contributed by atoms with Gasteiger partial charge in [-0.3, -0.25) is 24.4 Å². The van der Waals surface area contributed by atoms with Crippen LogP contribution in [0.2, 0.25) is 0 Å². The molecule has 4 N–H and O–H groups in total. The summed E-state index contributed by atoms with van der Waals surface area (Å²) in [6, 6.07) is 20.5. The number of fused-ring (bicyclic) bond motifs is 2. The molecule has 5 atom stereocenters. The second kappa shape index (κ2) is 14.6. The number of piperazine rings is 1. The number of aliphatic hydroxyl groups is 2. The highest BCUT2D eigenvalue weighted by Crippen LogP contribution is 2.32. The summed E-state index contributed by atoms with van der Waals surface area (Å²) in [6.45, 7) is 8.41. The van der Waals surface area contributed by atoms with Crippen LogP contribution in [0.1, 0.15) is 55.7 Å². The third kappa shape index (κ3) is 8.30. The summed E-state index contributed by atoms with van der Waals surface area (Å²) in [5, 5.41) is 29.6. The number of nitrogens with one attached hydrogen (secondary N) is 2. The fourth-order valence-corrected chi connectivity index (χ4v) is 7.05. The van der Waals surface area contributed by atoms with Gasteiger partial charge < -0.3 is 25.3 Å². The Morgan fingerprint density at radius 3 is 2.60 bits per heavy atom. The molecule has 1 fully saturated rings. The van der Waals surface area contributed by atoms with Crippen molar-refractivity contribution in [3.63, 3.8) is 0 Å². The molecule has 0 bridgehead atoms. The first-order valence-corrected chi connectivity index (χ1v) is 16.9. The number of benzene rings is 2. The number of amides is 2. The molecule has 48 heavy (non-hydrogen) atoms. The maximum absolute atomic E-state index is 13.9. The lowest BCUT2D eigenvalue weighted by Crippen LogP contribution is -2.61. The quantitative estimate of drug-likeness (QED) is 0.193. The van der Waals surface area contributed by atoms with E-state index in [4.69, 9.17) is 4.42 Å². The molecule has 3 heterocycles. The molecule has 2 amide bonds. The van der Waals surface area contributed by atoms with E-state index in [0.717, 1.165) is 33.4 Å². The summed E-state index contributed by atoms with van der Waals surface area (Å²) < 4.78 is 6.02. The number of hydrogen-bond acceptors (Lipinski definition) is 8. The minimum Gasteiger partial charge on any atom is -0.458 e. The third-order valence-corrected chi connectivity index (χ3v) is 9.33. The highest BCUT2D eigenvalue weighted by Gasteiger charge is 2.37. The number of aromatic nitrogens is 1. The number of furan rings is 1. The molecule has 0 radical (unpaired) electrons. The lowest BCUT2D eigenvalue weighted by molar-refractivity contribution is -0.132. The Balaban J connectivity index is 1.15. The van der Waals surface area contributed by atoms with Gasteiger partial charge in [0.15, 0.2) is 5.58 Å². The molecular formula is C38H47N5O5. The van der Waals surface area contributed by atoms with Gasteiger partial charge in [-0.15, -0.1) is 0 Å². The monoisotopic (exact) mass is 653 g/mol. The normalized spacial score (nSPS) is 21.5. The molecule has 2 aromatic carbocycles. The van der Waals surface area contributed by atoms with E-state index in [9.17, 15) is 19.8 Å². The van der Waals surface area contributed by atoms with Crippen molar-refractivity contribution in [3.05, 3.63) is 102 Å². The van der Waals surface area contributed by atoms with Crippen LogP contribution in [0.25, 0.3) is 11.0 Å². The van der Waals surface area contributed by atoms with Gasteiger partial charge in [-0.05, 0) is 62.4 Å². The second-order valence-corrected chi connectivity index (χ2v) is 14.3. The number of β-amino-alcohol motifs (C(OH)–C–C–N with tert-alkyl or cyclic N) is 1. The first-order chi connectivity index (χ1) is 23.0. The van der Waals surface area contributed by atoms with Crippen LogP contribution in [0.3, 0.4) is 0 Å². The van der Waals surface area contributed by atoms with Gasteiger partial charge in [-0.1, -0.05) is 54.6 Å². The van der Waals surface area contributed by atoms with Crippen LogP contribution in [0.15, 0.2) is 83.5 Å². The molecule has 254 valence electrons. The fraction of sp³-hybridized carbons (Fsp3) is 0.447. The van der Waals surface area contributed by atoms with Crippen molar-refractivity contribution in [1.29, 1.82) is 0 Å². The van der Waals surface area contributed by atoms with E-state index in [1.54, 1.807) is 12.4 Å². The first kappa shape index (κ1) is 33.8. The largest absolute Gasteiger partial charge is 0.458 e. The van der Waals surface area contributed by atoms with Gasteiger partial charge in [-0.25, -0.2) is 0 Å². The van der Waals surface area contributed by atoms with E-state index in [1.165, 1.54) is 0 Å². The highest BCUT2D eigenvalue weighted by molar-refractivity contribution is 5.83. The zero-order valence-electron chi connectivity index (χ0n) is 28.0. The van der Waals surface area contributed by atoms with Crippen LogP contribution in [0.4, 0.5) is 0 Å². The minimum absolute atomic E-state index is 0.0966. The topological polar surface area (TPSA) is 131 Å². The first-order valence-electron chi connectivity index (χ1n) is 16.9. The lowest BCUT2D eigenvalue weighted by Gasteiger charge is -2.42. The third-order valence-electron chi connectivity index (χ3n) is 9.33. The van der Waals surface area contributed by atoms with Gasteiger partial charge >= 0.3 is 0 Å². The number of nitrogens with zero attached hydrogens (tertiary/aromatic N) is 3. The Bertz CT molecular complexity index is 1670. The number of pyridine rings is 1. The van der Waals surface area contributed by atoms with Crippen LogP contribution in [-0.2, 0) is 29.0 Å². The Kier molecular flexibility index (Phi) is 10.3. The molecule has 1 aliphatic carbocycles. The number of carbonyl (C=O) groups is 2. The standard InChI is InChI=1S/C38H47N5O5/c1-38(2,3)41-37(47)32-24-42(23-30-19-27-13-14-39-21-34(27)48-30)15-16-43(32)22-29(44)18-28(17-25-9-5-4-6-10-25)36(46)40-35-31-12-8-7-11-26(31)20-33(35)45/h4-14,19,21,28-29,32-33,35,44-45H,15-18,20,22-24H2,1-3H3,(H,40,46)(H,41,47)/t28-,29-,32-,33+,35-/m0/s1. The van der Waals surface area contributed by atoms with E-state index in [-0.39, 0.29) is 24.8 Å². The van der Waals surface area contributed by atoms with Crippen molar-refractivity contribution < 1.29 is 24.2 Å². The van der Waals surface area contributed by atoms with Gasteiger partial charge in [0.25, 0.3) is 0 Å². The van der Waals surface area contributed by atoms with Gasteiger partial charge in [0, 0.05) is 55.6 Å². The molecular weight excluding hydrogens is 606 g/mol. The average Bonchev–Trinajstić information content (AvgIpc) is 3.60. The Hall–Kier alpha value is -4.09. The molecule has 1 saturated heterocycles. The Labute approximate surface area is 282 Å². The smallest absolute Gasteiger partial charge is 0.239 e. The van der Waals surface area contributed by atoms with Crippen molar-refractivity contribution in [2.75, 3.05) is 26.2 Å². The van der Waals surface area contributed by atoms with Crippen molar-refractivity contribution in [2.45, 2.75) is 76.4 Å². The SMILES string of the molecule is CC(C)(C)NC(=O)[C@@H]1CN(Cc2cc3ccncc3o2)CCN1C[C@@H](O)C[C@H](Cc1ccccc1)C(=O)N[C@H]1c2ccccc2C[C@H]1O. The van der Waals surface area contributed by atoms with Gasteiger partial charge in [0.2, 0.25) is 11.8 Å². The summed E-state index contributed by atoms with van der Waals surface area (Å²) in [5.74, 6) is -0.0217. The maximum atomic E-state index is 13.9. The van der Waals surface area contributed by atoms with Crippen molar-refractivity contribution in [1.82, 2.24) is 25.4 Å². The summed E-state index contributed by atoms with van der Waals surface area (Å²) in [6.07, 6.45) is 3.04. The van der Waals surface area contributed by atoms with Crippen LogP contribution < -0.4 is 10.6 Å². The van der Waals surface area contributed by atoms with Crippen molar-refractivity contribution in [2.24, 2.45) is 5.92 Å². The van der Waals surface area contributed by atoms with E-state index < -0.39 is 35.7 Å². The number of rotatable bonds is 11. The van der Waals surface area contributed by atoms with E-state index >= 15 is 0 Å². The van der Waals surface area contributed by atoms with Gasteiger partial charge in [0.05, 0.1) is 31.0 Å². The lowest BCUT2D eigenvalue weighted by atomic mass is 9.91. The number of aliphatic hydroxyl groups excluding tert-OH is 2. The highest BCUT2D eigenvalue weighted by atomic mass is 16.3. The Morgan fingerprint density at radius 2 is 1.83 bits per heavy atom. The minimum atomic E-state index is -0.857. The van der Waals surface area contributed by atoms with Crippen LogP contribution >= 0.6 is 0 Å². The van der Waals surface area contributed by atoms with Gasteiger partial charge in [0.1, 0.15) is 11.8 Å². The molecule has 10 nitrogen and oxygen atoms in total. The van der Waals surface area contributed by atoms with E-state index in [2.05, 4.69) is 20.5 Å². The molecule has 2 aromatic heterocycles. The summed E-state index contributed by atoms with van der Waals surface area (Å²) in [7, 11) is 0. The summed E-state index contributed by atoms with van der Waals surface area (Å²) >= 11 is 0. The molecule has 0 spiro atoms. The van der Waals surface area contributed by atoms with Crippen molar-refractivity contribution in [3.8, 4) is 0 Å². The fourth-order valence-electron chi connectivity index (χ4n) is 7.05. The summed E-state index contributed by atoms with van der Waals surface area (Å²) in [5.41, 5.74) is 3.28. The second-order valence-electron chi connectivity index (χ2n) is 14.3. The molecule has 0 unspecified atom stereocenters. The molecule has 1 aliphatic heterocycles. The van der Waals surface area contributed by atoms with Crippen LogP contribution in [0, 0.1) is 5.92 Å². The van der Waals surface area contributed by atoms with E-state index in [0.29, 0.717) is 39.0 Å². The maximum Gasteiger partial charge on any atom is 0.239 e.